The van der Waals surface area contributed by atoms with Crippen molar-refractivity contribution < 1.29 is 4.79 Å². The maximum absolute atomic E-state index is 12.4. The lowest BCUT2D eigenvalue weighted by atomic mass is 10.2. The van der Waals surface area contributed by atoms with Crippen molar-refractivity contribution in [1.82, 2.24) is 20.2 Å². The summed E-state index contributed by atoms with van der Waals surface area (Å²) < 4.78 is 1.61. The molecule has 6 nitrogen and oxygen atoms in total. The summed E-state index contributed by atoms with van der Waals surface area (Å²) in [7, 11) is 0. The number of para-hydroxylation sites is 1. The number of carbonyl (C=O) groups excluding carboxylic acids is 1. The minimum atomic E-state index is -0.397. The molecule has 3 rings (SSSR count). The van der Waals surface area contributed by atoms with Crippen LogP contribution in [0.1, 0.15) is 12.5 Å². The number of tetrazole rings is 1. The van der Waals surface area contributed by atoms with Gasteiger partial charge in [0.2, 0.25) is 11.1 Å². The first kappa shape index (κ1) is 17.4. The maximum atomic E-state index is 12.4. The van der Waals surface area contributed by atoms with Gasteiger partial charge in [-0.1, -0.05) is 53.2 Å². The molecule has 25 heavy (non-hydrogen) atoms. The lowest BCUT2D eigenvalue weighted by Crippen LogP contribution is -2.23. The Balaban J connectivity index is 1.72. The van der Waals surface area contributed by atoms with E-state index in [1.807, 2.05) is 43.3 Å². The number of aryl methyl sites for hydroxylation is 1. The Hall–Kier alpha value is -2.38. The Morgan fingerprint density at radius 1 is 1.20 bits per heavy atom. The van der Waals surface area contributed by atoms with E-state index in [1.165, 1.54) is 11.8 Å². The number of hydrogen-bond donors (Lipinski definition) is 1. The summed E-state index contributed by atoms with van der Waals surface area (Å²) in [6, 6.07) is 15.0. The van der Waals surface area contributed by atoms with E-state index in [1.54, 1.807) is 23.7 Å². The van der Waals surface area contributed by atoms with Gasteiger partial charge in [0.25, 0.3) is 0 Å². The molecule has 1 N–H and O–H groups in total. The molecule has 0 saturated heterocycles. The summed E-state index contributed by atoms with van der Waals surface area (Å²) in [5.74, 6) is -0.170. The number of thioether (sulfide) groups is 1. The van der Waals surface area contributed by atoms with Gasteiger partial charge < -0.3 is 5.32 Å². The van der Waals surface area contributed by atoms with Gasteiger partial charge in [-0.3, -0.25) is 4.79 Å². The molecule has 0 aliphatic heterocycles. The molecular weight excluding hydrogens is 358 g/mol. The largest absolute Gasteiger partial charge is 0.324 e. The van der Waals surface area contributed by atoms with Crippen molar-refractivity contribution in [2.24, 2.45) is 0 Å². The first-order valence-electron chi connectivity index (χ1n) is 7.62. The van der Waals surface area contributed by atoms with Gasteiger partial charge in [0.1, 0.15) is 0 Å². The average molecular weight is 374 g/mol. The van der Waals surface area contributed by atoms with Crippen LogP contribution < -0.4 is 5.32 Å². The van der Waals surface area contributed by atoms with E-state index in [4.69, 9.17) is 11.6 Å². The first-order chi connectivity index (χ1) is 12.0. The maximum Gasteiger partial charge on any atom is 0.237 e. The third-order valence-corrected chi connectivity index (χ3v) is 4.87. The van der Waals surface area contributed by atoms with Crippen molar-refractivity contribution >= 4 is 35.0 Å². The number of anilines is 1. The number of nitrogens with zero attached hydrogens (tertiary/aromatic N) is 4. The van der Waals surface area contributed by atoms with Crippen molar-refractivity contribution in [3.05, 3.63) is 59.1 Å². The topological polar surface area (TPSA) is 72.7 Å². The van der Waals surface area contributed by atoms with Crippen LogP contribution in [0.3, 0.4) is 0 Å². The first-order valence-corrected chi connectivity index (χ1v) is 8.88. The molecule has 128 valence electrons. The smallest absolute Gasteiger partial charge is 0.237 e. The fourth-order valence-electron chi connectivity index (χ4n) is 2.11. The van der Waals surface area contributed by atoms with E-state index in [0.29, 0.717) is 15.9 Å². The highest BCUT2D eigenvalue weighted by Gasteiger charge is 2.20. The highest BCUT2D eigenvalue weighted by molar-refractivity contribution is 8.00. The van der Waals surface area contributed by atoms with Crippen molar-refractivity contribution in [2.75, 3.05) is 5.32 Å². The Kier molecular flexibility index (Phi) is 5.35. The number of nitrogens with one attached hydrogen (secondary N) is 1. The highest BCUT2D eigenvalue weighted by atomic mass is 35.5. The molecule has 0 bridgehead atoms. The molecule has 3 aromatic rings. The fourth-order valence-corrected chi connectivity index (χ4v) is 3.10. The van der Waals surface area contributed by atoms with Crippen LogP contribution in [0.2, 0.25) is 5.02 Å². The van der Waals surface area contributed by atoms with Gasteiger partial charge in [0.05, 0.1) is 21.6 Å². The van der Waals surface area contributed by atoms with Gasteiger partial charge in [0.15, 0.2) is 0 Å². The average Bonchev–Trinajstić information content (AvgIpc) is 3.05. The van der Waals surface area contributed by atoms with Crippen LogP contribution in [-0.4, -0.2) is 31.4 Å². The number of hydrogen-bond acceptors (Lipinski definition) is 5. The molecule has 1 heterocycles. The second kappa shape index (κ2) is 7.67. The minimum absolute atomic E-state index is 0.170. The molecule has 2 aromatic carbocycles. The normalized spacial score (nSPS) is 12.0. The molecule has 0 spiro atoms. The van der Waals surface area contributed by atoms with Crippen LogP contribution in [0, 0.1) is 6.92 Å². The highest BCUT2D eigenvalue weighted by Crippen LogP contribution is 2.26. The summed E-state index contributed by atoms with van der Waals surface area (Å²) in [6.45, 7) is 3.81. The second-order valence-electron chi connectivity index (χ2n) is 5.44. The predicted molar refractivity (Wildman–Crippen MR) is 99.3 cm³/mol. The summed E-state index contributed by atoms with van der Waals surface area (Å²) in [4.78, 5) is 12.4. The van der Waals surface area contributed by atoms with Gasteiger partial charge in [-0.25, -0.2) is 0 Å². The minimum Gasteiger partial charge on any atom is -0.324 e. The van der Waals surface area contributed by atoms with Crippen molar-refractivity contribution in [2.45, 2.75) is 24.3 Å². The van der Waals surface area contributed by atoms with Gasteiger partial charge in [-0.15, -0.1) is 5.10 Å². The van der Waals surface area contributed by atoms with Crippen molar-refractivity contribution in [1.29, 1.82) is 0 Å². The number of benzene rings is 2. The number of rotatable bonds is 5. The number of aromatic nitrogens is 4. The summed E-state index contributed by atoms with van der Waals surface area (Å²) in [6.07, 6.45) is 0. The van der Waals surface area contributed by atoms with Gasteiger partial charge in [-0.2, -0.15) is 4.68 Å². The SMILES string of the molecule is Cc1ccc(-n2nnnc2S[C@H](C)C(=O)Nc2ccccc2Cl)cc1. The second-order valence-corrected chi connectivity index (χ2v) is 7.15. The third-order valence-electron chi connectivity index (χ3n) is 3.50. The molecule has 0 aliphatic carbocycles. The van der Waals surface area contributed by atoms with E-state index in [2.05, 4.69) is 20.8 Å². The van der Waals surface area contributed by atoms with E-state index in [9.17, 15) is 4.79 Å². The third kappa shape index (κ3) is 4.18. The number of halogens is 1. The predicted octanol–water partition coefficient (Wildman–Crippen LogP) is 3.74. The zero-order valence-corrected chi connectivity index (χ0v) is 15.3. The van der Waals surface area contributed by atoms with Gasteiger partial charge in [-0.05, 0) is 48.5 Å². The van der Waals surface area contributed by atoms with Crippen LogP contribution in [-0.2, 0) is 4.79 Å². The monoisotopic (exact) mass is 373 g/mol. The van der Waals surface area contributed by atoms with Gasteiger partial charge >= 0.3 is 0 Å². The zero-order valence-electron chi connectivity index (χ0n) is 13.7. The van der Waals surface area contributed by atoms with E-state index >= 15 is 0 Å². The number of carbonyl (C=O) groups is 1. The lowest BCUT2D eigenvalue weighted by Gasteiger charge is -2.12. The molecule has 1 aromatic heterocycles. The Morgan fingerprint density at radius 3 is 2.64 bits per heavy atom. The Labute approximate surface area is 154 Å². The lowest BCUT2D eigenvalue weighted by molar-refractivity contribution is -0.115. The van der Waals surface area contributed by atoms with Crippen molar-refractivity contribution in [3.63, 3.8) is 0 Å². The molecule has 0 aliphatic rings. The van der Waals surface area contributed by atoms with Gasteiger partial charge in [0, 0.05) is 0 Å². The summed E-state index contributed by atoms with van der Waals surface area (Å²) in [5.41, 5.74) is 2.58. The van der Waals surface area contributed by atoms with E-state index in [0.717, 1.165) is 11.3 Å². The fraction of sp³-hybridized carbons (Fsp3) is 0.176. The van der Waals surface area contributed by atoms with Crippen LogP contribution in [0.5, 0.6) is 0 Å². The van der Waals surface area contributed by atoms with E-state index < -0.39 is 5.25 Å². The quantitative estimate of drug-likeness (QED) is 0.689. The van der Waals surface area contributed by atoms with Crippen LogP contribution >= 0.6 is 23.4 Å². The van der Waals surface area contributed by atoms with Crippen LogP contribution in [0.25, 0.3) is 5.69 Å². The molecular formula is C17H16ClN5OS. The Morgan fingerprint density at radius 2 is 1.92 bits per heavy atom. The number of amides is 1. The standard InChI is InChI=1S/C17H16ClN5OS/c1-11-7-9-13(10-8-11)23-17(20-21-22-23)25-12(2)16(24)19-15-6-4-3-5-14(15)18/h3-10,12H,1-2H3,(H,19,24)/t12-/m1/s1. The molecule has 0 radical (unpaired) electrons. The van der Waals surface area contributed by atoms with Crippen LogP contribution in [0.4, 0.5) is 5.69 Å². The van der Waals surface area contributed by atoms with Crippen molar-refractivity contribution in [3.8, 4) is 5.69 Å². The summed E-state index contributed by atoms with van der Waals surface area (Å²) >= 11 is 7.36. The molecule has 1 atom stereocenters. The molecule has 0 fully saturated rings. The van der Waals surface area contributed by atoms with Crippen LogP contribution in [0.15, 0.2) is 53.7 Å². The van der Waals surface area contributed by atoms with E-state index in [-0.39, 0.29) is 5.91 Å². The molecule has 8 heteroatoms. The zero-order chi connectivity index (χ0) is 17.8. The Bertz CT molecular complexity index is 881. The molecule has 0 saturated carbocycles. The molecule has 1 amide bonds. The molecule has 0 unspecified atom stereocenters. The summed E-state index contributed by atoms with van der Waals surface area (Å²) in [5, 5.41) is 15.2.